The number of nitrogens with zero attached hydrogens (tertiary/aromatic N) is 1. The number of nitrogens with one attached hydrogen (secondary N) is 1. The van der Waals surface area contributed by atoms with Crippen LogP contribution in [-0.4, -0.2) is 12.5 Å². The van der Waals surface area contributed by atoms with Crippen LogP contribution in [0.15, 0.2) is 59.2 Å². The molecule has 0 saturated carbocycles. The highest BCUT2D eigenvalue weighted by molar-refractivity contribution is 7.15. The maximum atomic E-state index is 12.0. The summed E-state index contributed by atoms with van der Waals surface area (Å²) in [6, 6.07) is 16.5. The molecule has 0 spiro atoms. The number of carbonyl (C=O) groups is 1. The molecule has 4 nitrogen and oxygen atoms in total. The molecule has 0 aliphatic heterocycles. The van der Waals surface area contributed by atoms with Crippen LogP contribution in [-0.2, 0) is 6.42 Å². The van der Waals surface area contributed by atoms with Gasteiger partial charge in [0.1, 0.15) is 5.76 Å². The quantitative estimate of drug-likeness (QED) is 0.776. The number of hydrogen-bond donors (Lipinski definition) is 1. The molecule has 0 radical (unpaired) electrons. The van der Waals surface area contributed by atoms with Crippen LogP contribution in [0.2, 0.25) is 0 Å². The van der Waals surface area contributed by atoms with Crippen LogP contribution in [0, 0.1) is 11.3 Å². The first-order valence-corrected chi connectivity index (χ1v) is 7.99. The predicted octanol–water partition coefficient (Wildman–Crippen LogP) is 3.85. The maximum absolute atomic E-state index is 12.0. The monoisotopic (exact) mass is 322 g/mol. The van der Waals surface area contributed by atoms with Crippen molar-refractivity contribution in [3.63, 3.8) is 0 Å². The Bertz CT molecular complexity index is 827. The lowest BCUT2D eigenvalue weighted by Gasteiger charge is -2.04. The van der Waals surface area contributed by atoms with Gasteiger partial charge in [0.25, 0.3) is 5.91 Å². The molecular weight excluding hydrogens is 308 g/mol. The topological polar surface area (TPSA) is 66.0 Å². The van der Waals surface area contributed by atoms with Crippen molar-refractivity contribution in [2.75, 3.05) is 6.54 Å². The smallest absolute Gasteiger partial charge is 0.251 e. The van der Waals surface area contributed by atoms with Crippen molar-refractivity contribution in [2.45, 2.75) is 6.42 Å². The van der Waals surface area contributed by atoms with Gasteiger partial charge in [-0.2, -0.15) is 5.26 Å². The van der Waals surface area contributed by atoms with Crippen LogP contribution < -0.4 is 5.32 Å². The number of amides is 1. The van der Waals surface area contributed by atoms with Gasteiger partial charge in [0, 0.05) is 17.0 Å². The second-order valence-electron chi connectivity index (χ2n) is 4.94. The molecule has 2 aromatic heterocycles. The van der Waals surface area contributed by atoms with Gasteiger partial charge in [-0.1, -0.05) is 0 Å². The SMILES string of the molecule is N#Cc1ccc(C(=O)NCCc2ccc(-c3ccco3)s2)cc1. The van der Waals surface area contributed by atoms with E-state index in [9.17, 15) is 4.79 Å². The van der Waals surface area contributed by atoms with Gasteiger partial charge < -0.3 is 9.73 Å². The van der Waals surface area contributed by atoms with Crippen LogP contribution >= 0.6 is 11.3 Å². The summed E-state index contributed by atoms with van der Waals surface area (Å²) in [5.41, 5.74) is 1.11. The summed E-state index contributed by atoms with van der Waals surface area (Å²) in [6.07, 6.45) is 2.43. The van der Waals surface area contributed by atoms with Crippen molar-refractivity contribution in [3.05, 3.63) is 70.8 Å². The summed E-state index contributed by atoms with van der Waals surface area (Å²) in [5, 5.41) is 11.6. The third-order valence-corrected chi connectivity index (χ3v) is 4.52. The molecule has 3 aromatic rings. The third kappa shape index (κ3) is 3.68. The fourth-order valence-corrected chi connectivity index (χ4v) is 3.14. The van der Waals surface area contributed by atoms with E-state index in [0.29, 0.717) is 17.7 Å². The summed E-state index contributed by atoms with van der Waals surface area (Å²) >= 11 is 1.66. The highest BCUT2D eigenvalue weighted by atomic mass is 32.1. The van der Waals surface area contributed by atoms with Crippen molar-refractivity contribution < 1.29 is 9.21 Å². The van der Waals surface area contributed by atoms with Gasteiger partial charge >= 0.3 is 0 Å². The number of thiophene rings is 1. The van der Waals surface area contributed by atoms with E-state index in [4.69, 9.17) is 9.68 Å². The molecule has 0 saturated heterocycles. The van der Waals surface area contributed by atoms with Crippen LogP contribution in [0.5, 0.6) is 0 Å². The lowest BCUT2D eigenvalue weighted by Crippen LogP contribution is -2.25. The van der Waals surface area contributed by atoms with Gasteiger partial charge in [0.15, 0.2) is 0 Å². The Hall–Kier alpha value is -2.84. The minimum atomic E-state index is -0.127. The Balaban J connectivity index is 1.53. The summed E-state index contributed by atoms with van der Waals surface area (Å²) in [4.78, 5) is 14.3. The van der Waals surface area contributed by atoms with Gasteiger partial charge in [-0.15, -0.1) is 11.3 Å². The van der Waals surface area contributed by atoms with Crippen LogP contribution in [0.3, 0.4) is 0 Å². The average Bonchev–Trinajstić information content (AvgIpc) is 3.26. The summed E-state index contributed by atoms with van der Waals surface area (Å²) in [7, 11) is 0. The van der Waals surface area contributed by atoms with Gasteiger partial charge in [0.05, 0.1) is 22.8 Å². The lowest BCUT2D eigenvalue weighted by atomic mass is 10.1. The highest BCUT2D eigenvalue weighted by Crippen LogP contribution is 2.28. The van der Waals surface area contributed by atoms with Gasteiger partial charge in [0.2, 0.25) is 0 Å². The van der Waals surface area contributed by atoms with Crippen molar-refractivity contribution in [1.82, 2.24) is 5.32 Å². The van der Waals surface area contributed by atoms with Gasteiger partial charge in [-0.25, -0.2) is 0 Å². The minimum absolute atomic E-state index is 0.127. The molecule has 2 heterocycles. The van der Waals surface area contributed by atoms with Crippen molar-refractivity contribution in [2.24, 2.45) is 0 Å². The van der Waals surface area contributed by atoms with E-state index in [1.165, 1.54) is 4.88 Å². The zero-order valence-corrected chi connectivity index (χ0v) is 13.1. The van der Waals surface area contributed by atoms with Crippen molar-refractivity contribution in [1.29, 1.82) is 5.26 Å². The first kappa shape index (κ1) is 15.1. The van der Waals surface area contributed by atoms with E-state index in [2.05, 4.69) is 11.4 Å². The molecule has 1 amide bonds. The second-order valence-corrected chi connectivity index (χ2v) is 6.11. The number of carbonyl (C=O) groups excluding carboxylic acids is 1. The number of benzene rings is 1. The summed E-state index contributed by atoms with van der Waals surface area (Å²) < 4.78 is 5.37. The Morgan fingerprint density at radius 2 is 2.00 bits per heavy atom. The molecule has 0 fully saturated rings. The fraction of sp³-hybridized carbons (Fsp3) is 0.111. The Morgan fingerprint density at radius 1 is 1.17 bits per heavy atom. The number of nitriles is 1. The normalized spacial score (nSPS) is 10.2. The first-order chi connectivity index (χ1) is 11.3. The Morgan fingerprint density at radius 3 is 2.70 bits per heavy atom. The Labute approximate surface area is 138 Å². The van der Waals surface area contributed by atoms with Crippen LogP contribution in [0.4, 0.5) is 0 Å². The first-order valence-electron chi connectivity index (χ1n) is 7.17. The minimum Gasteiger partial charge on any atom is -0.464 e. The van der Waals surface area contributed by atoms with Crippen molar-refractivity contribution >= 4 is 17.2 Å². The van der Waals surface area contributed by atoms with Gasteiger partial charge in [-0.05, 0) is 55.0 Å². The van der Waals surface area contributed by atoms with Crippen LogP contribution in [0.25, 0.3) is 10.6 Å². The average molecular weight is 322 g/mol. The number of hydrogen-bond acceptors (Lipinski definition) is 4. The zero-order chi connectivity index (χ0) is 16.1. The van der Waals surface area contributed by atoms with E-state index in [1.807, 2.05) is 24.3 Å². The number of rotatable bonds is 5. The predicted molar refractivity (Wildman–Crippen MR) is 89.2 cm³/mol. The lowest BCUT2D eigenvalue weighted by molar-refractivity contribution is 0.0954. The standard InChI is InChI=1S/C18H14N2O2S/c19-12-13-3-5-14(6-4-13)18(21)20-10-9-15-7-8-17(23-15)16-2-1-11-22-16/h1-8,11H,9-10H2,(H,20,21). The second kappa shape index (κ2) is 6.95. The van der Waals surface area contributed by atoms with E-state index in [1.54, 1.807) is 41.9 Å². The summed E-state index contributed by atoms with van der Waals surface area (Å²) in [6.45, 7) is 0.566. The molecule has 0 bridgehead atoms. The van der Waals surface area contributed by atoms with Crippen molar-refractivity contribution in [3.8, 4) is 16.7 Å². The molecule has 1 aromatic carbocycles. The van der Waals surface area contributed by atoms with Gasteiger partial charge in [-0.3, -0.25) is 4.79 Å². The molecule has 23 heavy (non-hydrogen) atoms. The fourth-order valence-electron chi connectivity index (χ4n) is 2.16. The maximum Gasteiger partial charge on any atom is 0.251 e. The molecule has 114 valence electrons. The largest absolute Gasteiger partial charge is 0.464 e. The van der Waals surface area contributed by atoms with E-state index >= 15 is 0 Å². The number of furan rings is 1. The molecule has 1 N–H and O–H groups in total. The molecule has 0 aliphatic rings. The van der Waals surface area contributed by atoms with E-state index in [0.717, 1.165) is 17.1 Å². The highest BCUT2D eigenvalue weighted by Gasteiger charge is 2.07. The third-order valence-electron chi connectivity index (χ3n) is 3.36. The summed E-state index contributed by atoms with van der Waals surface area (Å²) in [5.74, 6) is 0.736. The van der Waals surface area contributed by atoms with E-state index in [-0.39, 0.29) is 5.91 Å². The van der Waals surface area contributed by atoms with Crippen LogP contribution in [0.1, 0.15) is 20.8 Å². The molecule has 3 rings (SSSR count). The molecular formula is C18H14N2O2S. The molecule has 0 unspecified atom stereocenters. The molecule has 0 aliphatic carbocycles. The molecule has 0 atom stereocenters. The Kier molecular flexibility index (Phi) is 4.55. The van der Waals surface area contributed by atoms with E-state index < -0.39 is 0 Å². The molecule has 5 heteroatoms. The zero-order valence-electron chi connectivity index (χ0n) is 12.3.